The Morgan fingerprint density at radius 3 is 2.95 bits per heavy atom. The van der Waals surface area contributed by atoms with E-state index in [1.807, 2.05) is 12.1 Å². The van der Waals surface area contributed by atoms with Gasteiger partial charge in [-0.2, -0.15) is 4.98 Å². The molecule has 108 valence electrons. The van der Waals surface area contributed by atoms with Gasteiger partial charge in [0.05, 0.1) is 8.71 Å². The number of para-hydroxylation sites is 1. The van der Waals surface area contributed by atoms with Gasteiger partial charge in [-0.1, -0.05) is 6.07 Å². The van der Waals surface area contributed by atoms with Gasteiger partial charge in [0.15, 0.2) is 11.1 Å². The Balaban J connectivity index is 1.73. The number of nitro groups is 1. The number of non-ortho nitro benzene ring substituents is 1. The van der Waals surface area contributed by atoms with Crippen LogP contribution < -0.4 is 5.32 Å². The summed E-state index contributed by atoms with van der Waals surface area (Å²) in [6, 6.07) is 9.01. The number of halogens is 1. The second kappa shape index (κ2) is 5.82. The van der Waals surface area contributed by atoms with Crippen LogP contribution in [0, 0.1) is 10.1 Å². The van der Waals surface area contributed by atoms with E-state index in [9.17, 15) is 10.1 Å². The number of aromatic nitrogens is 1. The van der Waals surface area contributed by atoms with E-state index in [2.05, 4.69) is 26.2 Å². The molecule has 0 aliphatic heterocycles. The molecule has 0 atom stereocenters. The van der Waals surface area contributed by atoms with E-state index in [1.165, 1.54) is 10.9 Å². The number of nitrogens with one attached hydrogen (secondary N) is 1. The third-order valence-electron chi connectivity index (χ3n) is 2.87. The Morgan fingerprint density at radius 2 is 2.24 bits per heavy atom. The molecule has 6 nitrogen and oxygen atoms in total. The van der Waals surface area contributed by atoms with E-state index in [4.69, 9.17) is 4.42 Å². The van der Waals surface area contributed by atoms with Crippen LogP contribution >= 0.6 is 27.3 Å². The van der Waals surface area contributed by atoms with Gasteiger partial charge >= 0.3 is 0 Å². The lowest BCUT2D eigenvalue weighted by Gasteiger charge is -1.98. The van der Waals surface area contributed by atoms with E-state index in [0.717, 1.165) is 10.2 Å². The molecule has 0 amide bonds. The van der Waals surface area contributed by atoms with Crippen LogP contribution in [0.15, 0.2) is 38.5 Å². The van der Waals surface area contributed by atoms with Crippen LogP contribution in [0.5, 0.6) is 0 Å². The molecule has 0 aliphatic rings. The maximum atomic E-state index is 10.9. The van der Waals surface area contributed by atoms with Crippen LogP contribution in [0.4, 0.5) is 11.7 Å². The topological polar surface area (TPSA) is 81.2 Å². The average Bonchev–Trinajstić information content (AvgIpc) is 3.04. The minimum absolute atomic E-state index is 0.0495. The fourth-order valence-corrected chi connectivity index (χ4v) is 3.42. The molecular weight excluding hydrogens is 358 g/mol. The van der Waals surface area contributed by atoms with Gasteiger partial charge in [-0.3, -0.25) is 10.1 Å². The highest BCUT2D eigenvalue weighted by Gasteiger charge is 2.17. The molecule has 8 heteroatoms. The van der Waals surface area contributed by atoms with Gasteiger partial charge in [-0.15, -0.1) is 11.3 Å². The lowest BCUT2D eigenvalue weighted by molar-refractivity contribution is -0.383. The fourth-order valence-electron chi connectivity index (χ4n) is 1.94. The summed E-state index contributed by atoms with van der Waals surface area (Å²) in [6.45, 7) is 0.646. The van der Waals surface area contributed by atoms with E-state index < -0.39 is 4.92 Å². The van der Waals surface area contributed by atoms with E-state index >= 15 is 0 Å². The molecular formula is C13H10BrN3O3S. The lowest BCUT2D eigenvalue weighted by atomic mass is 10.3. The Morgan fingerprint density at radius 1 is 1.38 bits per heavy atom. The normalized spacial score (nSPS) is 10.9. The number of nitrogens with zero attached hydrogens (tertiary/aromatic N) is 2. The van der Waals surface area contributed by atoms with E-state index in [-0.39, 0.29) is 11.2 Å². The molecule has 2 heterocycles. The van der Waals surface area contributed by atoms with Crippen molar-refractivity contribution in [1.82, 2.24) is 4.98 Å². The first-order valence-electron chi connectivity index (χ1n) is 6.15. The second-order valence-electron chi connectivity index (χ2n) is 4.28. The first kappa shape index (κ1) is 14.0. The second-order valence-corrected chi connectivity index (χ2v) is 6.83. The van der Waals surface area contributed by atoms with Crippen LogP contribution in [0.1, 0.15) is 4.88 Å². The summed E-state index contributed by atoms with van der Waals surface area (Å²) in [5, 5.41) is 14.0. The van der Waals surface area contributed by atoms with Crippen molar-refractivity contribution in [2.45, 2.75) is 6.42 Å². The van der Waals surface area contributed by atoms with Crippen LogP contribution in [-0.4, -0.2) is 16.5 Å². The molecule has 1 aromatic carbocycles. The molecule has 0 spiro atoms. The number of fused-ring (bicyclic) bond motifs is 1. The SMILES string of the molecule is O=[N+]([O-])c1cccc2oc(NCCc3ccc(Br)s3)nc12. The first-order valence-corrected chi connectivity index (χ1v) is 7.76. The molecule has 3 rings (SSSR count). The van der Waals surface area contributed by atoms with Crippen molar-refractivity contribution in [1.29, 1.82) is 0 Å². The highest BCUT2D eigenvalue weighted by atomic mass is 79.9. The highest BCUT2D eigenvalue weighted by molar-refractivity contribution is 9.11. The van der Waals surface area contributed by atoms with Gasteiger partial charge in [0.25, 0.3) is 11.7 Å². The number of oxazole rings is 1. The van der Waals surface area contributed by atoms with Gasteiger partial charge in [0, 0.05) is 17.5 Å². The number of rotatable bonds is 5. The summed E-state index contributed by atoms with van der Waals surface area (Å²) in [7, 11) is 0. The van der Waals surface area contributed by atoms with Crippen molar-refractivity contribution < 1.29 is 9.34 Å². The van der Waals surface area contributed by atoms with Crippen molar-refractivity contribution in [2.24, 2.45) is 0 Å². The highest BCUT2D eigenvalue weighted by Crippen LogP contribution is 2.27. The molecule has 1 N–H and O–H groups in total. The smallest absolute Gasteiger partial charge is 0.298 e. The van der Waals surface area contributed by atoms with Crippen molar-refractivity contribution in [3.8, 4) is 0 Å². The number of nitro benzene ring substituents is 1. The zero-order chi connectivity index (χ0) is 14.8. The molecule has 0 unspecified atom stereocenters. The first-order chi connectivity index (χ1) is 10.1. The summed E-state index contributed by atoms with van der Waals surface area (Å²) in [5.74, 6) is 0. The Bertz CT molecular complexity index is 799. The predicted octanol–water partition coefficient (Wildman–Crippen LogP) is 4.21. The monoisotopic (exact) mass is 367 g/mol. The zero-order valence-corrected chi connectivity index (χ0v) is 13.1. The van der Waals surface area contributed by atoms with Crippen LogP contribution in [-0.2, 0) is 6.42 Å². The number of hydrogen-bond donors (Lipinski definition) is 1. The zero-order valence-electron chi connectivity index (χ0n) is 10.7. The maximum absolute atomic E-state index is 10.9. The van der Waals surface area contributed by atoms with Crippen molar-refractivity contribution in [3.05, 3.63) is 49.1 Å². The minimum Gasteiger partial charge on any atom is -0.423 e. The molecule has 0 fully saturated rings. The predicted molar refractivity (Wildman–Crippen MR) is 84.9 cm³/mol. The van der Waals surface area contributed by atoms with Crippen molar-refractivity contribution >= 4 is 50.1 Å². The summed E-state index contributed by atoms with van der Waals surface area (Å²) < 4.78 is 6.56. The van der Waals surface area contributed by atoms with Crippen LogP contribution in [0.2, 0.25) is 0 Å². The minimum atomic E-state index is -0.461. The molecule has 0 saturated heterocycles. The lowest BCUT2D eigenvalue weighted by Crippen LogP contribution is -2.03. The Labute approximate surface area is 132 Å². The molecule has 0 saturated carbocycles. The molecule has 0 aliphatic carbocycles. The third kappa shape index (κ3) is 3.06. The molecule has 21 heavy (non-hydrogen) atoms. The molecule has 0 radical (unpaired) electrons. The third-order valence-corrected chi connectivity index (χ3v) is 4.55. The van der Waals surface area contributed by atoms with Gasteiger partial charge in [0.2, 0.25) is 0 Å². The average molecular weight is 368 g/mol. The van der Waals surface area contributed by atoms with Gasteiger partial charge in [-0.05, 0) is 40.5 Å². The largest absolute Gasteiger partial charge is 0.423 e. The van der Waals surface area contributed by atoms with E-state index in [0.29, 0.717) is 18.1 Å². The fraction of sp³-hybridized carbons (Fsp3) is 0.154. The van der Waals surface area contributed by atoms with Crippen LogP contribution in [0.25, 0.3) is 11.1 Å². The standard InChI is InChI=1S/C13H10BrN3O3S/c14-11-5-4-8(21-11)6-7-15-13-16-12-9(17(18)19)2-1-3-10(12)20-13/h1-5H,6-7H2,(H,15,16). The van der Waals surface area contributed by atoms with Gasteiger partial charge in [0.1, 0.15) is 0 Å². The van der Waals surface area contributed by atoms with Gasteiger partial charge < -0.3 is 9.73 Å². The number of thiophene rings is 1. The summed E-state index contributed by atoms with van der Waals surface area (Å²) in [5.41, 5.74) is 0.626. The van der Waals surface area contributed by atoms with Crippen LogP contribution in [0.3, 0.4) is 0 Å². The van der Waals surface area contributed by atoms with Gasteiger partial charge in [-0.25, -0.2) is 0 Å². The van der Waals surface area contributed by atoms with Crippen molar-refractivity contribution in [2.75, 3.05) is 11.9 Å². The summed E-state index contributed by atoms with van der Waals surface area (Å²) >= 11 is 5.09. The number of benzene rings is 1. The van der Waals surface area contributed by atoms with Crippen molar-refractivity contribution in [3.63, 3.8) is 0 Å². The Kier molecular flexibility index (Phi) is 3.89. The summed E-state index contributed by atoms with van der Waals surface area (Å²) in [4.78, 5) is 15.8. The molecule has 3 aromatic rings. The molecule has 2 aromatic heterocycles. The molecule has 0 bridgehead atoms. The number of hydrogen-bond acceptors (Lipinski definition) is 6. The van der Waals surface area contributed by atoms with E-state index in [1.54, 1.807) is 23.5 Å². The summed E-state index contributed by atoms with van der Waals surface area (Å²) in [6.07, 6.45) is 0.830. The Hall–Kier alpha value is -1.93. The maximum Gasteiger partial charge on any atom is 0.298 e. The quantitative estimate of drug-likeness (QED) is 0.539. The number of anilines is 1.